The maximum absolute atomic E-state index is 6.25. The lowest BCUT2D eigenvalue weighted by Crippen LogP contribution is -2.36. The quantitative estimate of drug-likeness (QED) is 0.579. The Morgan fingerprint density at radius 1 is 1.26 bits per heavy atom. The molecular weight excluding hydrogens is 408 g/mol. The molecule has 1 saturated heterocycles. The molecule has 3 aliphatic rings. The number of ether oxygens (including phenoxy) is 1. The van der Waals surface area contributed by atoms with E-state index in [1.807, 2.05) is 29.0 Å². The zero-order valence-electron chi connectivity index (χ0n) is 17.6. The van der Waals surface area contributed by atoms with Crippen molar-refractivity contribution in [2.45, 2.75) is 25.3 Å². The van der Waals surface area contributed by atoms with Gasteiger partial charge in [0.1, 0.15) is 0 Å². The van der Waals surface area contributed by atoms with E-state index in [1.54, 1.807) is 0 Å². The molecule has 2 aromatic rings. The standard InChI is InChI=1S/C25H25ClN4O/c1-18-4-2-3-5-22(18)20-10-11-30-23(17-29-12-14-31-15-13-29)24(28-25(30)27-16-20)19-6-8-21(26)9-7-19/h2-8,16,21H,9,12-15,17H2,1H3,(H,27,28). The first-order chi connectivity index (χ1) is 15.2. The Morgan fingerprint density at radius 2 is 2.10 bits per heavy atom. The van der Waals surface area contributed by atoms with Gasteiger partial charge in [-0.15, -0.1) is 11.6 Å². The zero-order valence-corrected chi connectivity index (χ0v) is 18.3. The Bertz CT molecular complexity index is 1140. The van der Waals surface area contributed by atoms with Crippen molar-refractivity contribution in [3.8, 4) is 12.0 Å². The number of nitrogens with zero attached hydrogens (tertiary/aromatic N) is 3. The Labute approximate surface area is 188 Å². The average molecular weight is 433 g/mol. The van der Waals surface area contributed by atoms with Gasteiger partial charge in [-0.05, 0) is 36.0 Å². The summed E-state index contributed by atoms with van der Waals surface area (Å²) in [5, 5.41) is 3.44. The van der Waals surface area contributed by atoms with Crippen LogP contribution in [0.5, 0.6) is 0 Å². The minimum absolute atomic E-state index is 0.0457. The molecule has 1 aromatic heterocycles. The van der Waals surface area contributed by atoms with Crippen LogP contribution in [-0.2, 0) is 11.3 Å². The molecule has 31 heavy (non-hydrogen) atoms. The summed E-state index contributed by atoms with van der Waals surface area (Å²) in [5.41, 5.74) is 6.47. The molecule has 5 nitrogen and oxygen atoms in total. The summed E-state index contributed by atoms with van der Waals surface area (Å²) in [5.74, 6) is 4.11. The fourth-order valence-electron chi connectivity index (χ4n) is 4.10. The number of imidazole rings is 1. The maximum Gasteiger partial charge on any atom is 0.219 e. The lowest BCUT2D eigenvalue weighted by atomic mass is 10.0. The second-order valence-corrected chi connectivity index (χ2v) is 8.54. The molecule has 1 N–H and O–H groups in total. The number of anilines is 1. The predicted molar refractivity (Wildman–Crippen MR) is 126 cm³/mol. The van der Waals surface area contributed by atoms with Gasteiger partial charge in [-0.2, -0.15) is 0 Å². The molecule has 1 aliphatic carbocycles. The largest absolute Gasteiger partial charge is 0.379 e. The minimum atomic E-state index is 0.0457. The molecular formula is C25H25ClN4O. The second-order valence-electron chi connectivity index (χ2n) is 7.98. The van der Waals surface area contributed by atoms with Crippen LogP contribution in [0, 0.1) is 18.9 Å². The number of aryl methyl sites for hydroxylation is 1. The van der Waals surface area contributed by atoms with Crippen LogP contribution in [0.2, 0.25) is 0 Å². The molecule has 1 aromatic carbocycles. The highest BCUT2D eigenvalue weighted by Gasteiger charge is 2.23. The molecule has 5 rings (SSSR count). The van der Waals surface area contributed by atoms with Gasteiger partial charge in [-0.1, -0.05) is 42.5 Å². The molecule has 158 valence electrons. The van der Waals surface area contributed by atoms with Crippen LogP contribution in [0.3, 0.4) is 0 Å². The molecule has 1 atom stereocenters. The summed E-state index contributed by atoms with van der Waals surface area (Å²) >= 11 is 6.25. The van der Waals surface area contributed by atoms with Gasteiger partial charge in [0.25, 0.3) is 0 Å². The highest BCUT2D eigenvalue weighted by atomic mass is 35.5. The van der Waals surface area contributed by atoms with Crippen LogP contribution in [0.25, 0.3) is 11.1 Å². The van der Waals surface area contributed by atoms with E-state index in [9.17, 15) is 0 Å². The Kier molecular flexibility index (Phi) is 5.69. The third kappa shape index (κ3) is 4.20. The summed E-state index contributed by atoms with van der Waals surface area (Å²) < 4.78 is 7.54. The summed E-state index contributed by atoms with van der Waals surface area (Å²) in [6.07, 6.45) is 9.06. The van der Waals surface area contributed by atoms with Crippen molar-refractivity contribution in [3.63, 3.8) is 0 Å². The Hall–Kier alpha value is -2.78. The lowest BCUT2D eigenvalue weighted by molar-refractivity contribution is 0.0334. The average Bonchev–Trinajstić information content (AvgIpc) is 2.99. The highest BCUT2D eigenvalue weighted by Crippen LogP contribution is 2.30. The van der Waals surface area contributed by atoms with Crippen molar-refractivity contribution in [1.82, 2.24) is 14.5 Å². The van der Waals surface area contributed by atoms with Crippen molar-refractivity contribution < 1.29 is 4.74 Å². The molecule has 2 aliphatic heterocycles. The monoisotopic (exact) mass is 432 g/mol. The summed E-state index contributed by atoms with van der Waals surface area (Å²) in [4.78, 5) is 7.36. The first-order valence-electron chi connectivity index (χ1n) is 10.7. The smallest absolute Gasteiger partial charge is 0.219 e. The number of benzene rings is 1. The van der Waals surface area contributed by atoms with Gasteiger partial charge >= 0.3 is 0 Å². The highest BCUT2D eigenvalue weighted by molar-refractivity contribution is 6.22. The van der Waals surface area contributed by atoms with Crippen molar-refractivity contribution in [2.75, 3.05) is 31.6 Å². The number of rotatable bonds is 4. The van der Waals surface area contributed by atoms with Gasteiger partial charge in [0, 0.05) is 37.5 Å². The van der Waals surface area contributed by atoms with Crippen LogP contribution in [0.15, 0.2) is 48.7 Å². The molecule has 0 bridgehead atoms. The third-order valence-corrected chi connectivity index (χ3v) is 6.18. The van der Waals surface area contributed by atoms with Gasteiger partial charge in [-0.3, -0.25) is 4.90 Å². The SMILES string of the molecule is Cc1ccccc1C1=CNc2nc(C3=CCC(Cl)C=C3)c(CN3CCOCC3)n2C#C1. The predicted octanol–water partition coefficient (Wildman–Crippen LogP) is 4.25. The fourth-order valence-corrected chi connectivity index (χ4v) is 4.26. The van der Waals surface area contributed by atoms with Gasteiger partial charge < -0.3 is 10.1 Å². The number of hydrogen-bond donors (Lipinski definition) is 1. The number of allylic oxidation sites excluding steroid dienone is 5. The van der Waals surface area contributed by atoms with Gasteiger partial charge in [0.2, 0.25) is 5.95 Å². The molecule has 0 radical (unpaired) electrons. The van der Waals surface area contributed by atoms with E-state index < -0.39 is 0 Å². The normalized spacial score (nSPS) is 20.6. The van der Waals surface area contributed by atoms with E-state index in [1.165, 1.54) is 5.56 Å². The summed E-state index contributed by atoms with van der Waals surface area (Å²) in [6.45, 7) is 6.22. The lowest BCUT2D eigenvalue weighted by Gasteiger charge is -2.27. The number of fused-ring (bicyclic) bond motifs is 1. The van der Waals surface area contributed by atoms with E-state index in [2.05, 4.69) is 53.4 Å². The van der Waals surface area contributed by atoms with Crippen LogP contribution in [0.1, 0.15) is 28.9 Å². The van der Waals surface area contributed by atoms with Crippen LogP contribution in [0.4, 0.5) is 5.95 Å². The first kappa shape index (κ1) is 20.1. The van der Waals surface area contributed by atoms with Gasteiger partial charge in [0.05, 0.1) is 30.0 Å². The summed E-state index contributed by atoms with van der Waals surface area (Å²) in [7, 11) is 0. The molecule has 1 fully saturated rings. The molecule has 1 unspecified atom stereocenters. The van der Waals surface area contributed by atoms with Crippen LogP contribution < -0.4 is 5.32 Å². The van der Waals surface area contributed by atoms with Crippen molar-refractivity contribution in [2.24, 2.45) is 0 Å². The molecule has 0 amide bonds. The van der Waals surface area contributed by atoms with E-state index >= 15 is 0 Å². The Morgan fingerprint density at radius 3 is 2.87 bits per heavy atom. The number of morpholine rings is 1. The van der Waals surface area contributed by atoms with Crippen molar-refractivity contribution in [3.05, 3.63) is 71.2 Å². The molecule has 0 spiro atoms. The number of nitrogens with one attached hydrogen (secondary N) is 1. The second kappa shape index (κ2) is 8.76. The fraction of sp³-hybridized carbons (Fsp3) is 0.320. The number of aromatic nitrogens is 2. The number of alkyl halides is 1. The topological polar surface area (TPSA) is 42.3 Å². The molecule has 0 saturated carbocycles. The van der Waals surface area contributed by atoms with Crippen LogP contribution in [-0.4, -0.2) is 46.1 Å². The van der Waals surface area contributed by atoms with Crippen molar-refractivity contribution >= 4 is 28.7 Å². The van der Waals surface area contributed by atoms with E-state index in [-0.39, 0.29) is 5.38 Å². The first-order valence-corrected chi connectivity index (χ1v) is 11.1. The number of halogens is 1. The van der Waals surface area contributed by atoms with Gasteiger partial charge in [-0.25, -0.2) is 9.55 Å². The maximum atomic E-state index is 6.25. The molecule has 3 heterocycles. The third-order valence-electron chi connectivity index (χ3n) is 5.85. The number of hydrogen-bond acceptors (Lipinski definition) is 4. The van der Waals surface area contributed by atoms with Crippen LogP contribution >= 0.6 is 11.6 Å². The van der Waals surface area contributed by atoms with E-state index in [4.69, 9.17) is 21.3 Å². The van der Waals surface area contributed by atoms with Crippen molar-refractivity contribution in [1.29, 1.82) is 0 Å². The minimum Gasteiger partial charge on any atom is -0.379 e. The van der Waals surface area contributed by atoms with Gasteiger partial charge in [0.15, 0.2) is 0 Å². The summed E-state index contributed by atoms with van der Waals surface area (Å²) in [6, 6.07) is 11.7. The molecule has 6 heteroatoms. The van der Waals surface area contributed by atoms with E-state index in [0.717, 1.165) is 73.3 Å². The zero-order chi connectivity index (χ0) is 21.2. The van der Waals surface area contributed by atoms with E-state index in [0.29, 0.717) is 0 Å². The Balaban J connectivity index is 1.54.